The number of hydrogen-bond acceptors (Lipinski definition) is 3. The Bertz CT molecular complexity index is 736. The highest BCUT2D eigenvalue weighted by Crippen LogP contribution is 2.30. The third kappa shape index (κ3) is 5.84. The summed E-state index contributed by atoms with van der Waals surface area (Å²) in [4.78, 5) is 12.5. The number of benzene rings is 2. The first-order chi connectivity index (χ1) is 12.3. The lowest BCUT2D eigenvalue weighted by Crippen LogP contribution is -2.24. The Balaban J connectivity index is 2.16. The van der Waals surface area contributed by atoms with Crippen LogP contribution in [0.25, 0.3) is 0 Å². The summed E-state index contributed by atoms with van der Waals surface area (Å²) in [5.41, 5.74) is 2.18. The van der Waals surface area contributed by atoms with Crippen molar-refractivity contribution in [3.05, 3.63) is 53.1 Å². The van der Waals surface area contributed by atoms with Crippen LogP contribution in [0.1, 0.15) is 18.9 Å². The summed E-state index contributed by atoms with van der Waals surface area (Å²) in [6.45, 7) is 3.20. The second-order valence-electron chi connectivity index (χ2n) is 5.54. The number of rotatable bonds is 8. The second kappa shape index (κ2) is 8.80. The van der Waals surface area contributed by atoms with Crippen molar-refractivity contribution in [3.8, 4) is 5.75 Å². The van der Waals surface area contributed by atoms with Crippen LogP contribution in [-0.2, 0) is 11.3 Å². The number of nitrogens with one attached hydrogen (secondary N) is 1. The highest BCUT2D eigenvalue weighted by molar-refractivity contribution is 6.33. The molecule has 8 heteroatoms. The largest absolute Gasteiger partial charge is 0.573 e. The Hall–Kier alpha value is -2.41. The maximum atomic E-state index is 12.2. The first-order valence-electron chi connectivity index (χ1n) is 7.91. The molecule has 1 N–H and O–H groups in total. The molecule has 1 amide bonds. The molecule has 26 heavy (non-hydrogen) atoms. The Morgan fingerprint density at radius 1 is 1.19 bits per heavy atom. The van der Waals surface area contributed by atoms with Gasteiger partial charge in [-0.3, -0.25) is 4.79 Å². The van der Waals surface area contributed by atoms with Gasteiger partial charge in [-0.15, -0.1) is 13.2 Å². The zero-order chi connectivity index (χ0) is 19.2. The Morgan fingerprint density at radius 3 is 2.42 bits per heavy atom. The third-order valence-electron chi connectivity index (χ3n) is 3.54. The van der Waals surface area contributed by atoms with E-state index >= 15 is 0 Å². The van der Waals surface area contributed by atoms with Crippen molar-refractivity contribution in [1.29, 1.82) is 0 Å². The van der Waals surface area contributed by atoms with Crippen LogP contribution in [0.2, 0.25) is 5.02 Å². The van der Waals surface area contributed by atoms with Gasteiger partial charge in [-0.1, -0.05) is 30.7 Å². The van der Waals surface area contributed by atoms with E-state index in [1.54, 1.807) is 30.3 Å². The minimum absolute atomic E-state index is 0.259. The van der Waals surface area contributed by atoms with Crippen LogP contribution in [0.5, 0.6) is 5.75 Å². The van der Waals surface area contributed by atoms with Gasteiger partial charge in [-0.2, -0.15) is 0 Å². The van der Waals surface area contributed by atoms with Crippen LogP contribution in [0.3, 0.4) is 0 Å². The summed E-state index contributed by atoms with van der Waals surface area (Å²) in [6, 6.07) is 10.9. The summed E-state index contributed by atoms with van der Waals surface area (Å²) < 4.78 is 40.6. The van der Waals surface area contributed by atoms with E-state index in [0.717, 1.165) is 17.7 Å². The number of hydrogen-bond donors (Lipinski definition) is 1. The normalized spacial score (nSPS) is 11.1. The highest BCUT2D eigenvalue weighted by atomic mass is 35.5. The number of carbonyl (C=O) groups excluding carboxylic acids is 1. The molecule has 0 aliphatic carbocycles. The van der Waals surface area contributed by atoms with Gasteiger partial charge in [0.05, 0.1) is 10.7 Å². The molecule has 0 unspecified atom stereocenters. The number of anilines is 2. The van der Waals surface area contributed by atoms with Crippen molar-refractivity contribution >= 4 is 29.4 Å². The van der Waals surface area contributed by atoms with Crippen molar-refractivity contribution in [2.24, 2.45) is 0 Å². The maximum absolute atomic E-state index is 12.2. The summed E-state index contributed by atoms with van der Waals surface area (Å²) >= 11 is 6.32. The van der Waals surface area contributed by atoms with Crippen molar-refractivity contribution in [2.45, 2.75) is 26.3 Å². The summed E-state index contributed by atoms with van der Waals surface area (Å²) in [6.07, 6.45) is -3.28. The van der Waals surface area contributed by atoms with Crippen LogP contribution in [0, 0.1) is 0 Å². The molecule has 0 aliphatic rings. The molecule has 0 bridgehead atoms. The number of ether oxygens (including phenoxy) is 1. The van der Waals surface area contributed by atoms with Crippen molar-refractivity contribution in [2.75, 3.05) is 16.8 Å². The van der Waals surface area contributed by atoms with Crippen LogP contribution in [0.4, 0.5) is 24.5 Å². The van der Waals surface area contributed by atoms with Crippen LogP contribution in [0.15, 0.2) is 42.5 Å². The molecule has 140 valence electrons. The average Bonchev–Trinajstić information content (AvgIpc) is 2.55. The van der Waals surface area contributed by atoms with E-state index in [1.165, 1.54) is 12.1 Å². The predicted octanol–water partition coefficient (Wildman–Crippen LogP) is 5.22. The van der Waals surface area contributed by atoms with Gasteiger partial charge in [0.15, 0.2) is 0 Å². The number of nitrogens with zero attached hydrogens (tertiary/aromatic N) is 1. The van der Waals surface area contributed by atoms with E-state index in [0.29, 0.717) is 30.2 Å². The first kappa shape index (κ1) is 19.9. The molecule has 0 atom stereocenters. The van der Waals surface area contributed by atoms with Gasteiger partial charge >= 0.3 is 6.36 Å². The summed E-state index contributed by atoms with van der Waals surface area (Å²) in [7, 11) is 0. The topological polar surface area (TPSA) is 41.6 Å². The fourth-order valence-electron chi connectivity index (χ4n) is 2.49. The van der Waals surface area contributed by atoms with Crippen LogP contribution < -0.4 is 15.0 Å². The Kier molecular flexibility index (Phi) is 6.74. The summed E-state index contributed by atoms with van der Waals surface area (Å²) in [5, 5.41) is 3.01. The lowest BCUT2D eigenvalue weighted by molar-refractivity contribution is -0.274. The monoisotopic (exact) mass is 386 g/mol. The minimum atomic E-state index is -4.71. The minimum Gasteiger partial charge on any atom is -0.406 e. The van der Waals surface area contributed by atoms with Gasteiger partial charge in [0.1, 0.15) is 5.75 Å². The molecular weight excluding hydrogens is 369 g/mol. The molecule has 0 heterocycles. The van der Waals surface area contributed by atoms with E-state index in [2.05, 4.69) is 10.1 Å². The standard InChI is InChI=1S/C18H18ClF3N2O2/c1-2-9-24(17-8-5-14(23-12-25)10-16(17)19)11-13-3-6-15(7-4-13)26-18(20,21)22/h3-8,10,12H,2,9,11H2,1H3,(H,23,25). The van der Waals surface area contributed by atoms with Crippen LogP contribution in [-0.4, -0.2) is 19.3 Å². The fraction of sp³-hybridized carbons (Fsp3) is 0.278. The molecule has 2 aromatic carbocycles. The van der Waals surface area contributed by atoms with E-state index in [9.17, 15) is 18.0 Å². The SMILES string of the molecule is CCCN(Cc1ccc(OC(F)(F)F)cc1)c1ccc(NC=O)cc1Cl. The molecule has 0 saturated carbocycles. The molecular formula is C18H18ClF3N2O2. The molecule has 0 radical (unpaired) electrons. The van der Waals surface area contributed by atoms with Gasteiger partial charge in [-0.05, 0) is 42.3 Å². The third-order valence-corrected chi connectivity index (χ3v) is 3.84. The molecule has 2 aromatic rings. The molecule has 4 nitrogen and oxygen atoms in total. The molecule has 0 aliphatic heterocycles. The fourth-order valence-corrected chi connectivity index (χ4v) is 2.79. The molecule has 0 fully saturated rings. The zero-order valence-electron chi connectivity index (χ0n) is 14.0. The molecule has 2 rings (SSSR count). The van der Waals surface area contributed by atoms with E-state index in [4.69, 9.17) is 11.6 Å². The van der Waals surface area contributed by atoms with Crippen molar-refractivity contribution < 1.29 is 22.7 Å². The predicted molar refractivity (Wildman–Crippen MR) is 95.6 cm³/mol. The van der Waals surface area contributed by atoms with Crippen molar-refractivity contribution in [1.82, 2.24) is 0 Å². The summed E-state index contributed by atoms with van der Waals surface area (Å²) in [5.74, 6) is -0.259. The lowest BCUT2D eigenvalue weighted by atomic mass is 10.1. The van der Waals surface area contributed by atoms with Gasteiger partial charge in [-0.25, -0.2) is 0 Å². The second-order valence-corrected chi connectivity index (χ2v) is 5.95. The smallest absolute Gasteiger partial charge is 0.406 e. The first-order valence-corrected chi connectivity index (χ1v) is 8.29. The average molecular weight is 387 g/mol. The van der Waals surface area contributed by atoms with Crippen molar-refractivity contribution in [3.63, 3.8) is 0 Å². The zero-order valence-corrected chi connectivity index (χ0v) is 14.8. The molecule has 0 spiro atoms. The lowest BCUT2D eigenvalue weighted by Gasteiger charge is -2.26. The number of carbonyl (C=O) groups is 1. The Morgan fingerprint density at radius 2 is 1.88 bits per heavy atom. The van der Waals surface area contributed by atoms with E-state index < -0.39 is 6.36 Å². The van der Waals surface area contributed by atoms with E-state index in [1.807, 2.05) is 11.8 Å². The number of halogens is 4. The highest BCUT2D eigenvalue weighted by Gasteiger charge is 2.30. The van der Waals surface area contributed by atoms with Gasteiger partial charge in [0.25, 0.3) is 0 Å². The maximum Gasteiger partial charge on any atom is 0.573 e. The van der Waals surface area contributed by atoms with E-state index in [-0.39, 0.29) is 5.75 Å². The Labute approximate surface area is 154 Å². The molecule has 0 saturated heterocycles. The number of amides is 1. The number of alkyl halides is 3. The van der Waals surface area contributed by atoms with Gasteiger partial charge in [0, 0.05) is 18.8 Å². The quantitative estimate of drug-likeness (QED) is 0.632. The van der Waals surface area contributed by atoms with Gasteiger partial charge < -0.3 is 15.0 Å². The van der Waals surface area contributed by atoms with Gasteiger partial charge in [0.2, 0.25) is 6.41 Å². The molecule has 0 aromatic heterocycles. The van der Waals surface area contributed by atoms with Crippen LogP contribution >= 0.6 is 11.6 Å².